The van der Waals surface area contributed by atoms with Crippen molar-refractivity contribution in [3.05, 3.63) is 72.1 Å². The number of halogens is 1. The average molecular weight is 437 g/mol. The Labute approximate surface area is 186 Å². The SMILES string of the molecule is CCC(O)/C=C/CC/C=C/C=C/CC(CCCC(C)=O)SO.Cc1ccc(F)cc1. The van der Waals surface area contributed by atoms with Crippen molar-refractivity contribution in [3.8, 4) is 0 Å². The lowest BCUT2D eigenvalue weighted by Gasteiger charge is -2.09. The van der Waals surface area contributed by atoms with Crippen LogP contribution >= 0.6 is 12.0 Å². The maximum Gasteiger partial charge on any atom is 0.129 e. The number of Topliss-reactive ketones (excluding diaryl/α,β-unsaturated/α-hetero) is 1. The van der Waals surface area contributed by atoms with Gasteiger partial charge in [-0.15, -0.1) is 0 Å². The van der Waals surface area contributed by atoms with Gasteiger partial charge in [-0.3, -0.25) is 0 Å². The number of hydrogen-bond acceptors (Lipinski definition) is 4. The fraction of sp³-hybridized carbons (Fsp3) is 0.480. The minimum absolute atomic E-state index is 0.169. The summed E-state index contributed by atoms with van der Waals surface area (Å²) in [5, 5.41) is 9.51. The van der Waals surface area contributed by atoms with Crippen LogP contribution in [0, 0.1) is 12.7 Å². The maximum atomic E-state index is 12.1. The first-order chi connectivity index (χ1) is 14.4. The van der Waals surface area contributed by atoms with Crippen molar-refractivity contribution in [2.24, 2.45) is 0 Å². The quantitative estimate of drug-likeness (QED) is 0.150. The highest BCUT2D eigenvalue weighted by atomic mass is 32.2. The predicted octanol–water partition coefficient (Wildman–Crippen LogP) is 7.06. The third kappa shape index (κ3) is 18.3. The Morgan fingerprint density at radius 2 is 1.77 bits per heavy atom. The van der Waals surface area contributed by atoms with E-state index in [9.17, 15) is 18.8 Å². The molecule has 0 saturated carbocycles. The Morgan fingerprint density at radius 3 is 2.33 bits per heavy atom. The van der Waals surface area contributed by atoms with E-state index in [0.717, 1.165) is 56.1 Å². The van der Waals surface area contributed by atoms with Gasteiger partial charge in [0.15, 0.2) is 0 Å². The number of aliphatic hydroxyl groups is 1. The number of unbranched alkanes of at least 4 members (excludes halogenated alkanes) is 1. The fourth-order valence-corrected chi connectivity index (χ4v) is 2.86. The smallest absolute Gasteiger partial charge is 0.129 e. The van der Waals surface area contributed by atoms with Crippen LogP contribution in [0.2, 0.25) is 0 Å². The van der Waals surface area contributed by atoms with Crippen molar-refractivity contribution >= 4 is 17.8 Å². The van der Waals surface area contributed by atoms with Crippen LogP contribution in [0.4, 0.5) is 4.39 Å². The van der Waals surface area contributed by atoms with Gasteiger partial charge >= 0.3 is 0 Å². The minimum atomic E-state index is -0.320. The molecule has 0 radical (unpaired) electrons. The zero-order chi connectivity index (χ0) is 22.6. The number of hydrogen-bond donors (Lipinski definition) is 2. The van der Waals surface area contributed by atoms with Crippen LogP contribution in [0.5, 0.6) is 0 Å². The molecule has 3 nitrogen and oxygen atoms in total. The normalized spacial score (nSPS) is 13.5. The molecule has 0 fully saturated rings. The van der Waals surface area contributed by atoms with Gasteiger partial charge in [-0.1, -0.05) is 61.1 Å². The molecule has 2 N–H and O–H groups in total. The minimum Gasteiger partial charge on any atom is -0.389 e. The van der Waals surface area contributed by atoms with Crippen molar-refractivity contribution in [1.29, 1.82) is 0 Å². The van der Waals surface area contributed by atoms with E-state index < -0.39 is 0 Å². The number of carbonyl (C=O) groups excluding carboxylic acids is 1. The van der Waals surface area contributed by atoms with E-state index in [-0.39, 0.29) is 23.0 Å². The van der Waals surface area contributed by atoms with Gasteiger partial charge < -0.3 is 14.5 Å². The Morgan fingerprint density at radius 1 is 1.13 bits per heavy atom. The molecule has 0 bridgehead atoms. The topological polar surface area (TPSA) is 57.5 Å². The molecule has 30 heavy (non-hydrogen) atoms. The molecule has 2 atom stereocenters. The summed E-state index contributed by atoms with van der Waals surface area (Å²) in [6, 6.07) is 6.40. The zero-order valence-corrected chi connectivity index (χ0v) is 19.3. The van der Waals surface area contributed by atoms with Crippen LogP contribution in [-0.4, -0.2) is 26.8 Å². The van der Waals surface area contributed by atoms with Crippen LogP contribution in [-0.2, 0) is 4.79 Å². The summed E-state index contributed by atoms with van der Waals surface area (Å²) in [6.07, 6.45) is 17.4. The number of carbonyl (C=O) groups is 1. The molecule has 168 valence electrons. The van der Waals surface area contributed by atoms with Crippen molar-refractivity contribution in [2.45, 2.75) is 77.1 Å². The molecular weight excluding hydrogens is 399 g/mol. The first kappa shape index (κ1) is 28.3. The summed E-state index contributed by atoms with van der Waals surface area (Å²) >= 11 is 0.882. The highest BCUT2D eigenvalue weighted by Gasteiger charge is 2.06. The first-order valence-corrected chi connectivity index (χ1v) is 11.4. The summed E-state index contributed by atoms with van der Waals surface area (Å²) in [7, 11) is 0. The maximum absolute atomic E-state index is 12.1. The molecule has 1 aromatic rings. The second kappa shape index (κ2) is 19.3. The van der Waals surface area contributed by atoms with Crippen LogP contribution in [0.15, 0.2) is 60.7 Å². The van der Waals surface area contributed by atoms with Gasteiger partial charge in [0.25, 0.3) is 0 Å². The number of allylic oxidation sites excluding steroid dienone is 5. The molecule has 0 aliphatic heterocycles. The van der Waals surface area contributed by atoms with Gasteiger partial charge in [-0.05, 0) is 76.5 Å². The molecule has 0 aliphatic rings. The van der Waals surface area contributed by atoms with Crippen molar-refractivity contribution in [3.63, 3.8) is 0 Å². The zero-order valence-electron chi connectivity index (χ0n) is 18.5. The van der Waals surface area contributed by atoms with E-state index in [2.05, 4.69) is 12.2 Å². The number of ketones is 1. The number of aryl methyl sites for hydroxylation is 1. The third-order valence-electron chi connectivity index (χ3n) is 4.27. The Bertz CT molecular complexity index is 617. The fourth-order valence-electron chi connectivity index (χ4n) is 2.39. The van der Waals surface area contributed by atoms with Crippen molar-refractivity contribution in [1.82, 2.24) is 0 Å². The largest absolute Gasteiger partial charge is 0.389 e. The van der Waals surface area contributed by atoms with Gasteiger partial charge in [0, 0.05) is 11.7 Å². The van der Waals surface area contributed by atoms with Gasteiger partial charge in [0.05, 0.1) is 6.10 Å². The second-order valence-corrected chi connectivity index (χ2v) is 8.07. The predicted molar refractivity (Wildman–Crippen MR) is 127 cm³/mol. The van der Waals surface area contributed by atoms with E-state index >= 15 is 0 Å². The molecule has 0 aliphatic carbocycles. The lowest BCUT2D eigenvalue weighted by Crippen LogP contribution is -2.02. The lowest BCUT2D eigenvalue weighted by atomic mass is 10.1. The van der Waals surface area contributed by atoms with Crippen LogP contribution in [0.1, 0.15) is 64.4 Å². The van der Waals surface area contributed by atoms with E-state index in [1.807, 2.05) is 38.2 Å². The Hall–Kier alpha value is -1.69. The average Bonchev–Trinajstić information content (AvgIpc) is 2.73. The molecule has 2 unspecified atom stereocenters. The molecule has 0 aromatic heterocycles. The second-order valence-electron chi connectivity index (χ2n) is 7.19. The summed E-state index contributed by atoms with van der Waals surface area (Å²) in [5.41, 5.74) is 1.09. The Balaban J connectivity index is 0.000000867. The van der Waals surface area contributed by atoms with Crippen molar-refractivity contribution in [2.75, 3.05) is 0 Å². The molecule has 0 saturated heterocycles. The molecular formula is C25H37FO3S. The molecule has 0 spiro atoms. The highest BCUT2D eigenvalue weighted by molar-refractivity contribution is 7.94. The van der Waals surface area contributed by atoms with Crippen LogP contribution < -0.4 is 0 Å². The number of rotatable bonds is 13. The number of benzene rings is 1. The molecule has 0 heterocycles. The van der Waals surface area contributed by atoms with Gasteiger partial charge in [-0.25, -0.2) is 4.39 Å². The molecule has 5 heteroatoms. The number of aliphatic hydroxyl groups excluding tert-OH is 1. The first-order valence-electron chi connectivity index (χ1n) is 10.6. The Kier molecular flexibility index (Phi) is 18.2. The highest BCUT2D eigenvalue weighted by Crippen LogP contribution is 2.18. The summed E-state index contributed by atoms with van der Waals surface area (Å²) < 4.78 is 21.3. The van der Waals surface area contributed by atoms with Crippen LogP contribution in [0.25, 0.3) is 0 Å². The summed E-state index contributed by atoms with van der Waals surface area (Å²) in [6.45, 7) is 5.49. The van der Waals surface area contributed by atoms with Crippen LogP contribution in [0.3, 0.4) is 0 Å². The summed E-state index contributed by atoms with van der Waals surface area (Å²) in [5.74, 6) is 0.0382. The summed E-state index contributed by atoms with van der Waals surface area (Å²) in [4.78, 5) is 10.9. The van der Waals surface area contributed by atoms with E-state index in [0.29, 0.717) is 6.42 Å². The monoisotopic (exact) mass is 436 g/mol. The van der Waals surface area contributed by atoms with E-state index in [1.165, 1.54) is 12.1 Å². The van der Waals surface area contributed by atoms with Gasteiger partial charge in [0.1, 0.15) is 11.6 Å². The standard InChI is InChI=1S/C18H30O3S.C7H7F/c1-3-17(20)13-9-7-5-4-6-8-10-14-18(22-21)15-11-12-16(2)19;1-6-2-4-7(8)5-3-6/h4,6,8-10,13,17-18,20-21H,3,5,7,11-12,14-15H2,1-2H3;2-5H,1H3/b6-4+,10-8+,13-9+;. The molecule has 1 aromatic carbocycles. The lowest BCUT2D eigenvalue weighted by molar-refractivity contribution is -0.117. The third-order valence-corrected chi connectivity index (χ3v) is 5.00. The van der Waals surface area contributed by atoms with Gasteiger partial charge in [0.2, 0.25) is 0 Å². The molecule has 0 amide bonds. The molecule has 1 rings (SSSR count). The van der Waals surface area contributed by atoms with E-state index in [1.54, 1.807) is 19.1 Å². The van der Waals surface area contributed by atoms with Gasteiger partial charge in [-0.2, -0.15) is 0 Å². The van der Waals surface area contributed by atoms with Crippen molar-refractivity contribution < 1.29 is 18.8 Å². The van der Waals surface area contributed by atoms with E-state index in [4.69, 9.17) is 0 Å².